The van der Waals surface area contributed by atoms with Crippen LogP contribution in [-0.2, 0) is 32.7 Å². The molecule has 0 amide bonds. The number of nitrogens with zero attached hydrogens (tertiary/aromatic N) is 3. The molecule has 0 bridgehead atoms. The summed E-state index contributed by atoms with van der Waals surface area (Å²) in [5.74, 6) is 0.585. The molecule has 2 heterocycles. The zero-order valence-corrected chi connectivity index (χ0v) is 17.8. The first-order valence-electron chi connectivity index (χ1n) is 8.42. The Morgan fingerprint density at radius 3 is 1.77 bits per heavy atom. The Hall–Kier alpha value is -0.506. The summed E-state index contributed by atoms with van der Waals surface area (Å²) in [6.07, 6.45) is 6.57. The maximum Gasteiger partial charge on any atom is 0.0645 e. The fraction of sp³-hybridized carbons (Fsp3) is 0.591. The third-order valence-electron chi connectivity index (χ3n) is 4.20. The molecule has 26 heavy (non-hydrogen) atoms. The van der Waals surface area contributed by atoms with Crippen molar-refractivity contribution >= 4 is 0 Å². The molecule has 1 aromatic heterocycles. The van der Waals surface area contributed by atoms with Crippen molar-refractivity contribution in [3.63, 3.8) is 0 Å². The molecule has 0 saturated carbocycles. The van der Waals surface area contributed by atoms with Crippen LogP contribution < -0.4 is 0 Å². The Labute approximate surface area is 188 Å². The number of benzene rings is 1. The minimum absolute atomic E-state index is 0. The van der Waals surface area contributed by atoms with E-state index in [1.54, 1.807) is 6.20 Å². The molecule has 0 spiro atoms. The van der Waals surface area contributed by atoms with Crippen molar-refractivity contribution in [2.24, 2.45) is 0 Å². The molecule has 3 rings (SSSR count). The van der Waals surface area contributed by atoms with Gasteiger partial charge in [0.1, 0.15) is 0 Å². The van der Waals surface area contributed by atoms with Gasteiger partial charge in [0.2, 0.25) is 0 Å². The molecule has 3 nitrogen and oxygen atoms in total. The molecule has 1 fully saturated rings. The second-order valence-corrected chi connectivity index (χ2v) is 6.53. The minimum Gasteiger partial charge on any atom is -0.301 e. The standard InChI is InChI=1S/C12H14N2.C7H15N.3CH4.Y/c1-10(2)11-4-6-12(7-5-11)14-9-3-8-13-14;1-7(2)8-5-3-4-6-8;;;;/h3-10H,1-2H3;7H,3-6H2,1-2H3;3*1H4;. The van der Waals surface area contributed by atoms with Gasteiger partial charge in [-0.1, -0.05) is 48.3 Å². The Morgan fingerprint density at radius 2 is 1.42 bits per heavy atom. The van der Waals surface area contributed by atoms with Crippen LogP contribution in [0.2, 0.25) is 0 Å². The summed E-state index contributed by atoms with van der Waals surface area (Å²) in [6.45, 7) is 11.6. The zero-order valence-electron chi connectivity index (χ0n) is 14.9. The Balaban J connectivity index is -0.000000390. The van der Waals surface area contributed by atoms with Crippen LogP contribution in [0.1, 0.15) is 74.3 Å². The van der Waals surface area contributed by atoms with Crippen molar-refractivity contribution in [3.05, 3.63) is 48.3 Å². The second kappa shape index (κ2) is 15.5. The third kappa shape index (κ3) is 9.44. The smallest absolute Gasteiger partial charge is 0.0645 e. The normalized spacial score (nSPS) is 12.8. The Morgan fingerprint density at radius 1 is 0.885 bits per heavy atom. The Bertz CT molecular complexity index is 527. The molecular weight excluding hydrogens is 395 g/mol. The summed E-state index contributed by atoms with van der Waals surface area (Å²) in [6, 6.07) is 11.2. The average Bonchev–Trinajstić information content (AvgIpc) is 3.21. The molecular formula is C22H41N3Y. The summed E-state index contributed by atoms with van der Waals surface area (Å²) in [4.78, 5) is 2.53. The van der Waals surface area contributed by atoms with Gasteiger partial charge in [-0.25, -0.2) is 4.68 Å². The topological polar surface area (TPSA) is 21.1 Å². The van der Waals surface area contributed by atoms with Crippen LogP contribution in [0.4, 0.5) is 0 Å². The van der Waals surface area contributed by atoms with Gasteiger partial charge < -0.3 is 4.90 Å². The van der Waals surface area contributed by atoms with Crippen molar-refractivity contribution in [2.45, 2.75) is 74.8 Å². The largest absolute Gasteiger partial charge is 0.301 e. The van der Waals surface area contributed by atoms with Crippen molar-refractivity contribution in [3.8, 4) is 5.69 Å². The van der Waals surface area contributed by atoms with E-state index in [9.17, 15) is 0 Å². The van der Waals surface area contributed by atoms with E-state index in [1.807, 2.05) is 16.9 Å². The predicted molar refractivity (Wildman–Crippen MR) is 114 cm³/mol. The van der Waals surface area contributed by atoms with Gasteiger partial charge >= 0.3 is 0 Å². The van der Waals surface area contributed by atoms with E-state index in [0.29, 0.717) is 5.92 Å². The van der Waals surface area contributed by atoms with Crippen molar-refractivity contribution in [2.75, 3.05) is 13.1 Å². The number of aromatic nitrogens is 2. The Kier molecular flexibility index (Phi) is 18.1. The minimum atomic E-state index is 0. The average molecular weight is 436 g/mol. The molecule has 1 aromatic carbocycles. The first-order chi connectivity index (χ1) is 10.6. The van der Waals surface area contributed by atoms with E-state index >= 15 is 0 Å². The van der Waals surface area contributed by atoms with Crippen LogP contribution in [0, 0.1) is 0 Å². The van der Waals surface area contributed by atoms with E-state index in [2.05, 4.69) is 62.0 Å². The molecule has 0 unspecified atom stereocenters. The molecule has 0 N–H and O–H groups in total. The molecule has 1 radical (unpaired) electrons. The van der Waals surface area contributed by atoms with E-state index in [1.165, 1.54) is 31.5 Å². The van der Waals surface area contributed by atoms with Gasteiger partial charge in [0.25, 0.3) is 0 Å². The molecule has 1 aliphatic heterocycles. The van der Waals surface area contributed by atoms with Crippen LogP contribution in [0.15, 0.2) is 42.7 Å². The van der Waals surface area contributed by atoms with Gasteiger partial charge in [0.15, 0.2) is 0 Å². The summed E-state index contributed by atoms with van der Waals surface area (Å²) in [7, 11) is 0. The summed E-state index contributed by atoms with van der Waals surface area (Å²) in [5, 5.41) is 4.18. The summed E-state index contributed by atoms with van der Waals surface area (Å²) >= 11 is 0. The van der Waals surface area contributed by atoms with Gasteiger partial charge in [0.05, 0.1) is 5.69 Å². The van der Waals surface area contributed by atoms with Gasteiger partial charge in [-0.2, -0.15) is 5.10 Å². The monoisotopic (exact) mass is 436 g/mol. The molecule has 147 valence electrons. The fourth-order valence-electron chi connectivity index (χ4n) is 2.69. The maximum absolute atomic E-state index is 4.18. The van der Waals surface area contributed by atoms with Crippen molar-refractivity contribution in [1.29, 1.82) is 0 Å². The van der Waals surface area contributed by atoms with E-state index in [0.717, 1.165) is 11.7 Å². The number of hydrogen-bond acceptors (Lipinski definition) is 2. The van der Waals surface area contributed by atoms with Gasteiger partial charge in [-0.15, -0.1) is 0 Å². The summed E-state index contributed by atoms with van der Waals surface area (Å²) < 4.78 is 1.87. The van der Waals surface area contributed by atoms with Gasteiger partial charge in [-0.05, 0) is 69.5 Å². The first kappa shape index (κ1) is 30.2. The third-order valence-corrected chi connectivity index (χ3v) is 4.20. The SMILES string of the molecule is C.C.C.CC(C)N1CCCC1.CC(C)c1ccc(-n2cccn2)cc1.[Y]. The molecule has 0 aliphatic carbocycles. The number of hydrogen-bond donors (Lipinski definition) is 0. The van der Waals surface area contributed by atoms with E-state index in [-0.39, 0.29) is 55.0 Å². The molecule has 1 saturated heterocycles. The van der Waals surface area contributed by atoms with Crippen molar-refractivity contribution in [1.82, 2.24) is 14.7 Å². The number of likely N-dealkylation sites (tertiary alicyclic amines) is 1. The molecule has 1 aliphatic rings. The zero-order chi connectivity index (χ0) is 15.9. The van der Waals surface area contributed by atoms with Crippen LogP contribution >= 0.6 is 0 Å². The quantitative estimate of drug-likeness (QED) is 0.556. The van der Waals surface area contributed by atoms with Crippen LogP contribution in [0.3, 0.4) is 0 Å². The van der Waals surface area contributed by atoms with Crippen LogP contribution in [0.5, 0.6) is 0 Å². The molecule has 4 heteroatoms. The maximum atomic E-state index is 4.18. The second-order valence-electron chi connectivity index (χ2n) is 6.53. The van der Waals surface area contributed by atoms with Crippen LogP contribution in [0.25, 0.3) is 5.69 Å². The molecule has 0 atom stereocenters. The van der Waals surface area contributed by atoms with Crippen molar-refractivity contribution < 1.29 is 32.7 Å². The van der Waals surface area contributed by atoms with E-state index < -0.39 is 0 Å². The van der Waals surface area contributed by atoms with Crippen LogP contribution in [-0.4, -0.2) is 33.8 Å². The van der Waals surface area contributed by atoms with Gasteiger partial charge in [-0.3, -0.25) is 0 Å². The number of rotatable bonds is 3. The first-order valence-corrected chi connectivity index (χ1v) is 8.42. The fourth-order valence-corrected chi connectivity index (χ4v) is 2.69. The molecule has 2 aromatic rings. The van der Waals surface area contributed by atoms with E-state index in [4.69, 9.17) is 0 Å². The van der Waals surface area contributed by atoms with Gasteiger partial charge in [0, 0.05) is 51.1 Å². The predicted octanol–water partition coefficient (Wildman–Crippen LogP) is 6.39. The summed E-state index contributed by atoms with van der Waals surface area (Å²) in [5.41, 5.74) is 2.47.